The van der Waals surface area contributed by atoms with Gasteiger partial charge in [0.15, 0.2) is 0 Å². The molecular weight excluding hydrogens is 218 g/mol. The lowest BCUT2D eigenvalue weighted by atomic mass is 10.2. The summed E-state index contributed by atoms with van der Waals surface area (Å²) in [5.74, 6) is 0.696. The number of hydrogen-bond acceptors (Lipinski definition) is 4. The number of carbonyl (C=O) groups excluding carboxylic acids is 1. The van der Waals surface area contributed by atoms with Gasteiger partial charge in [0, 0.05) is 19.0 Å². The summed E-state index contributed by atoms with van der Waals surface area (Å²) in [5.41, 5.74) is 6.71. The van der Waals surface area contributed by atoms with Crippen molar-refractivity contribution in [3.63, 3.8) is 0 Å². The molecule has 0 fully saturated rings. The fraction of sp³-hybridized carbons (Fsp3) is 0.167. The second kappa shape index (κ2) is 5.16. The number of hydrogen-bond donors (Lipinski definition) is 2. The number of nitrogens with one attached hydrogen (secondary N) is 1. The standard InChI is InChI=1S/C12H13N3O2/c13-10-8-14-6-5-11(10)15-12(16)4-3-9-2-1-7-17-9/h1-2,5-8H,3-4,13H2,(H,14,15,16). The van der Waals surface area contributed by atoms with E-state index >= 15 is 0 Å². The molecule has 0 aliphatic heterocycles. The van der Waals surface area contributed by atoms with Gasteiger partial charge in [-0.15, -0.1) is 0 Å². The van der Waals surface area contributed by atoms with E-state index in [1.807, 2.05) is 6.07 Å². The Morgan fingerprint density at radius 3 is 3.06 bits per heavy atom. The molecule has 0 aliphatic carbocycles. The van der Waals surface area contributed by atoms with Crippen LogP contribution < -0.4 is 11.1 Å². The minimum atomic E-state index is -0.0979. The third-order valence-electron chi connectivity index (χ3n) is 2.30. The van der Waals surface area contributed by atoms with Gasteiger partial charge in [0.25, 0.3) is 0 Å². The van der Waals surface area contributed by atoms with Crippen molar-refractivity contribution in [2.75, 3.05) is 11.1 Å². The summed E-state index contributed by atoms with van der Waals surface area (Å²) in [6.45, 7) is 0. The van der Waals surface area contributed by atoms with Gasteiger partial charge in [-0.25, -0.2) is 0 Å². The monoisotopic (exact) mass is 231 g/mol. The van der Waals surface area contributed by atoms with Gasteiger partial charge >= 0.3 is 0 Å². The predicted octanol–water partition coefficient (Wildman–Crippen LogP) is 1.83. The lowest BCUT2D eigenvalue weighted by molar-refractivity contribution is -0.116. The summed E-state index contributed by atoms with van der Waals surface area (Å²) in [4.78, 5) is 15.5. The second-order valence-corrected chi connectivity index (χ2v) is 3.59. The topological polar surface area (TPSA) is 81.1 Å². The van der Waals surface area contributed by atoms with Crippen LogP contribution in [0.2, 0.25) is 0 Å². The van der Waals surface area contributed by atoms with Crippen molar-refractivity contribution < 1.29 is 9.21 Å². The average Bonchev–Trinajstić information content (AvgIpc) is 2.82. The van der Waals surface area contributed by atoms with E-state index in [4.69, 9.17) is 10.2 Å². The van der Waals surface area contributed by atoms with Crippen LogP contribution in [-0.2, 0) is 11.2 Å². The third kappa shape index (κ3) is 3.07. The normalized spacial score (nSPS) is 10.1. The molecule has 0 unspecified atom stereocenters. The number of aryl methyl sites for hydroxylation is 1. The smallest absolute Gasteiger partial charge is 0.224 e. The molecule has 0 aromatic carbocycles. The number of rotatable bonds is 4. The molecule has 0 saturated heterocycles. The molecule has 17 heavy (non-hydrogen) atoms. The van der Waals surface area contributed by atoms with E-state index < -0.39 is 0 Å². The highest BCUT2D eigenvalue weighted by Gasteiger charge is 2.06. The summed E-state index contributed by atoms with van der Waals surface area (Å²) < 4.78 is 5.14. The Bertz CT molecular complexity index is 494. The van der Waals surface area contributed by atoms with E-state index in [-0.39, 0.29) is 5.91 Å². The third-order valence-corrected chi connectivity index (χ3v) is 2.30. The number of nitrogens with two attached hydrogens (primary N) is 1. The van der Waals surface area contributed by atoms with Gasteiger partial charge in [-0.1, -0.05) is 0 Å². The van der Waals surface area contributed by atoms with E-state index in [2.05, 4.69) is 10.3 Å². The molecular formula is C12H13N3O2. The van der Waals surface area contributed by atoms with E-state index in [0.29, 0.717) is 24.2 Å². The summed E-state index contributed by atoms with van der Waals surface area (Å²) >= 11 is 0. The van der Waals surface area contributed by atoms with E-state index in [0.717, 1.165) is 5.76 Å². The van der Waals surface area contributed by atoms with Crippen LogP contribution in [0.3, 0.4) is 0 Å². The molecule has 2 rings (SSSR count). The van der Waals surface area contributed by atoms with Crippen LogP contribution in [0.5, 0.6) is 0 Å². The number of carbonyl (C=O) groups is 1. The Labute approximate surface area is 98.6 Å². The SMILES string of the molecule is Nc1cnccc1NC(=O)CCc1ccco1. The van der Waals surface area contributed by atoms with Crippen LogP contribution >= 0.6 is 0 Å². The van der Waals surface area contributed by atoms with E-state index in [9.17, 15) is 4.79 Å². The maximum Gasteiger partial charge on any atom is 0.224 e. The summed E-state index contributed by atoms with van der Waals surface area (Å²) in [5, 5.41) is 2.73. The number of anilines is 2. The molecule has 5 nitrogen and oxygen atoms in total. The Hall–Kier alpha value is -2.30. The maximum absolute atomic E-state index is 11.6. The Morgan fingerprint density at radius 1 is 1.47 bits per heavy atom. The van der Waals surface area contributed by atoms with Crippen molar-refractivity contribution >= 4 is 17.3 Å². The van der Waals surface area contributed by atoms with Crippen LogP contribution in [0.15, 0.2) is 41.3 Å². The Morgan fingerprint density at radius 2 is 2.35 bits per heavy atom. The van der Waals surface area contributed by atoms with Gasteiger partial charge in [0.2, 0.25) is 5.91 Å². The van der Waals surface area contributed by atoms with Crippen LogP contribution in [0.4, 0.5) is 11.4 Å². The molecule has 0 radical (unpaired) electrons. The summed E-state index contributed by atoms with van der Waals surface area (Å²) in [6, 6.07) is 5.31. The zero-order valence-electron chi connectivity index (χ0n) is 9.22. The molecule has 2 heterocycles. The number of amides is 1. The molecule has 0 saturated carbocycles. The van der Waals surface area contributed by atoms with Crippen molar-refractivity contribution in [2.45, 2.75) is 12.8 Å². The highest BCUT2D eigenvalue weighted by atomic mass is 16.3. The fourth-order valence-electron chi connectivity index (χ4n) is 1.42. The first-order valence-corrected chi connectivity index (χ1v) is 5.27. The van der Waals surface area contributed by atoms with Gasteiger partial charge < -0.3 is 15.5 Å². The molecule has 0 atom stereocenters. The van der Waals surface area contributed by atoms with E-state index in [1.54, 1.807) is 24.6 Å². The van der Waals surface area contributed by atoms with Crippen molar-refractivity contribution in [3.8, 4) is 0 Å². The van der Waals surface area contributed by atoms with Gasteiger partial charge in [-0.3, -0.25) is 9.78 Å². The van der Waals surface area contributed by atoms with Gasteiger partial charge in [0.05, 0.1) is 23.8 Å². The number of nitrogen functional groups attached to an aromatic ring is 1. The highest BCUT2D eigenvalue weighted by Crippen LogP contribution is 2.15. The first kappa shape index (κ1) is 11.2. The second-order valence-electron chi connectivity index (χ2n) is 3.59. The highest BCUT2D eigenvalue weighted by molar-refractivity contribution is 5.93. The first-order chi connectivity index (χ1) is 8.25. The van der Waals surface area contributed by atoms with Crippen LogP contribution in [0.25, 0.3) is 0 Å². The van der Waals surface area contributed by atoms with Gasteiger partial charge in [-0.2, -0.15) is 0 Å². The number of furan rings is 1. The average molecular weight is 231 g/mol. The summed E-state index contributed by atoms with van der Waals surface area (Å²) in [6.07, 6.45) is 5.60. The van der Waals surface area contributed by atoms with Gasteiger partial charge in [-0.05, 0) is 18.2 Å². The molecule has 1 amide bonds. The van der Waals surface area contributed by atoms with Crippen molar-refractivity contribution in [3.05, 3.63) is 42.6 Å². The molecule has 3 N–H and O–H groups in total. The zero-order valence-corrected chi connectivity index (χ0v) is 9.22. The van der Waals surface area contributed by atoms with Crippen LogP contribution in [-0.4, -0.2) is 10.9 Å². The number of aromatic nitrogens is 1. The zero-order chi connectivity index (χ0) is 12.1. The van der Waals surface area contributed by atoms with E-state index in [1.165, 1.54) is 6.20 Å². The lowest BCUT2D eigenvalue weighted by Crippen LogP contribution is -2.13. The first-order valence-electron chi connectivity index (χ1n) is 5.27. The molecule has 0 aliphatic rings. The van der Waals surface area contributed by atoms with Crippen molar-refractivity contribution in [1.82, 2.24) is 4.98 Å². The van der Waals surface area contributed by atoms with Gasteiger partial charge in [0.1, 0.15) is 5.76 Å². The largest absolute Gasteiger partial charge is 0.469 e. The lowest BCUT2D eigenvalue weighted by Gasteiger charge is -2.06. The molecule has 2 aromatic heterocycles. The van der Waals surface area contributed by atoms with Crippen molar-refractivity contribution in [2.24, 2.45) is 0 Å². The minimum absolute atomic E-state index is 0.0979. The number of pyridine rings is 1. The quantitative estimate of drug-likeness (QED) is 0.841. The molecule has 0 bridgehead atoms. The summed E-state index contributed by atoms with van der Waals surface area (Å²) in [7, 11) is 0. The van der Waals surface area contributed by atoms with Crippen LogP contribution in [0, 0.1) is 0 Å². The molecule has 88 valence electrons. The predicted molar refractivity (Wildman–Crippen MR) is 64.3 cm³/mol. The van der Waals surface area contributed by atoms with Crippen molar-refractivity contribution in [1.29, 1.82) is 0 Å². The Kier molecular flexibility index (Phi) is 3.40. The number of nitrogens with zero attached hydrogens (tertiary/aromatic N) is 1. The minimum Gasteiger partial charge on any atom is -0.469 e. The maximum atomic E-state index is 11.6. The molecule has 2 aromatic rings. The van der Waals surface area contributed by atoms with Crippen LogP contribution in [0.1, 0.15) is 12.2 Å². The molecule has 5 heteroatoms. The molecule has 0 spiro atoms. The fourth-order valence-corrected chi connectivity index (χ4v) is 1.42. The Balaban J connectivity index is 1.87.